The minimum absolute atomic E-state index is 0.111. The first-order valence-corrected chi connectivity index (χ1v) is 17.8. The van der Waals surface area contributed by atoms with Crippen LogP contribution in [0.15, 0.2) is 67.8 Å². The Balaban J connectivity index is 1.67. The average Bonchev–Trinajstić information content (AvgIpc) is 3.70. The fourth-order valence-corrected chi connectivity index (χ4v) is 8.79. The largest absolute Gasteiger partial charge is 0.494 e. The highest BCUT2D eigenvalue weighted by Crippen LogP contribution is 2.65. The smallest absolute Gasteiger partial charge is 0.253 e. The van der Waals surface area contributed by atoms with Crippen molar-refractivity contribution in [3.8, 4) is 5.75 Å². The fourth-order valence-electron chi connectivity index (χ4n) is 8.79. The molecule has 0 radical (unpaired) electrons. The van der Waals surface area contributed by atoms with Crippen LogP contribution in [0.2, 0.25) is 0 Å². The molecule has 264 valence electrons. The summed E-state index contributed by atoms with van der Waals surface area (Å²) >= 11 is 0. The lowest BCUT2D eigenvalue weighted by Gasteiger charge is -2.41. The molecule has 9 heteroatoms. The molecule has 2 unspecified atom stereocenters. The maximum atomic E-state index is 15.3. The number of ether oxygens (including phenoxy) is 2. The van der Waals surface area contributed by atoms with Crippen molar-refractivity contribution >= 4 is 29.1 Å². The first kappa shape index (κ1) is 36.3. The molecule has 0 saturated carbocycles. The van der Waals surface area contributed by atoms with Gasteiger partial charge >= 0.3 is 0 Å². The quantitative estimate of drug-likeness (QED) is 0.233. The maximum Gasteiger partial charge on any atom is 0.253 e. The van der Waals surface area contributed by atoms with E-state index in [0.717, 1.165) is 16.8 Å². The SMILES string of the molecule is C=CCN(C(=O)[C@@H]1[C@H]2C(=O)N([C@@H](CO)[C@@H](C)CC)C(C(=O)N(CC=C)c3c(C)cccc3C)C23CC[C@@]1(CC)O3)c1ccc(OCC)cc1. The first-order chi connectivity index (χ1) is 23.5. The van der Waals surface area contributed by atoms with E-state index >= 15 is 9.59 Å². The number of hydrogen-bond donors (Lipinski definition) is 1. The van der Waals surface area contributed by atoms with Crippen molar-refractivity contribution in [2.45, 2.75) is 90.5 Å². The van der Waals surface area contributed by atoms with Gasteiger partial charge in [0.15, 0.2) is 0 Å². The third-order valence-electron chi connectivity index (χ3n) is 11.3. The predicted molar refractivity (Wildman–Crippen MR) is 193 cm³/mol. The zero-order valence-electron chi connectivity index (χ0n) is 30.0. The van der Waals surface area contributed by atoms with E-state index in [0.29, 0.717) is 43.7 Å². The fraction of sp³-hybridized carbons (Fsp3) is 0.525. The molecule has 2 bridgehead atoms. The summed E-state index contributed by atoms with van der Waals surface area (Å²) in [6.07, 6.45) is 5.54. The molecule has 0 aliphatic carbocycles. The number of likely N-dealkylation sites (tertiary alicyclic amines) is 1. The lowest BCUT2D eigenvalue weighted by Crippen LogP contribution is -2.60. The summed E-state index contributed by atoms with van der Waals surface area (Å²) in [6.45, 7) is 20.4. The number of aryl methyl sites for hydroxylation is 2. The van der Waals surface area contributed by atoms with E-state index in [1.165, 1.54) is 0 Å². The van der Waals surface area contributed by atoms with Gasteiger partial charge in [-0.2, -0.15) is 0 Å². The molecule has 3 saturated heterocycles. The molecule has 3 aliphatic rings. The molecule has 9 nitrogen and oxygen atoms in total. The summed E-state index contributed by atoms with van der Waals surface area (Å²) in [5.74, 6) is -1.99. The van der Waals surface area contributed by atoms with Crippen molar-refractivity contribution in [3.05, 3.63) is 78.9 Å². The predicted octanol–water partition coefficient (Wildman–Crippen LogP) is 6.00. The maximum absolute atomic E-state index is 15.3. The van der Waals surface area contributed by atoms with Crippen molar-refractivity contribution in [3.63, 3.8) is 0 Å². The van der Waals surface area contributed by atoms with Gasteiger partial charge in [-0.05, 0) is 81.3 Å². The van der Waals surface area contributed by atoms with E-state index in [4.69, 9.17) is 9.47 Å². The third kappa shape index (κ3) is 5.88. The number of anilines is 2. The van der Waals surface area contributed by atoms with Crippen LogP contribution < -0.4 is 14.5 Å². The van der Waals surface area contributed by atoms with Crippen LogP contribution >= 0.6 is 0 Å². The summed E-state index contributed by atoms with van der Waals surface area (Å²) in [4.78, 5) is 50.3. The van der Waals surface area contributed by atoms with E-state index in [9.17, 15) is 9.90 Å². The van der Waals surface area contributed by atoms with Crippen LogP contribution in [0.4, 0.5) is 11.4 Å². The zero-order chi connectivity index (χ0) is 35.7. The van der Waals surface area contributed by atoms with E-state index in [-0.39, 0.29) is 43.3 Å². The number of benzene rings is 2. The summed E-state index contributed by atoms with van der Waals surface area (Å²) in [6, 6.07) is 11.5. The van der Waals surface area contributed by atoms with Crippen LogP contribution in [0.5, 0.6) is 5.75 Å². The van der Waals surface area contributed by atoms with Crippen LogP contribution in [-0.4, -0.2) is 77.3 Å². The van der Waals surface area contributed by atoms with Crippen molar-refractivity contribution < 1.29 is 29.0 Å². The number of fused-ring (bicyclic) bond motifs is 1. The summed E-state index contributed by atoms with van der Waals surface area (Å²) < 4.78 is 12.8. The van der Waals surface area contributed by atoms with Crippen LogP contribution in [0.3, 0.4) is 0 Å². The molecule has 3 fully saturated rings. The Morgan fingerprint density at radius 2 is 1.65 bits per heavy atom. The molecular weight excluding hydrogens is 618 g/mol. The molecule has 2 aromatic rings. The molecule has 49 heavy (non-hydrogen) atoms. The number of carbonyl (C=O) groups is 3. The Morgan fingerprint density at radius 1 is 1.02 bits per heavy atom. The van der Waals surface area contributed by atoms with E-state index in [2.05, 4.69) is 13.2 Å². The lowest BCUT2D eigenvalue weighted by molar-refractivity contribution is -0.150. The van der Waals surface area contributed by atoms with Crippen LogP contribution in [0.1, 0.15) is 64.5 Å². The second-order valence-electron chi connectivity index (χ2n) is 13.9. The van der Waals surface area contributed by atoms with Crippen LogP contribution in [-0.2, 0) is 19.1 Å². The number of hydrogen-bond acceptors (Lipinski definition) is 6. The monoisotopic (exact) mass is 671 g/mol. The molecule has 1 spiro atoms. The van der Waals surface area contributed by atoms with Crippen LogP contribution in [0, 0.1) is 31.6 Å². The van der Waals surface area contributed by atoms with Gasteiger partial charge in [0, 0.05) is 24.5 Å². The number of aliphatic hydroxyl groups is 1. The van der Waals surface area contributed by atoms with E-state index < -0.39 is 35.1 Å². The molecule has 5 rings (SSSR count). The van der Waals surface area contributed by atoms with Crippen molar-refractivity contribution in [2.75, 3.05) is 36.1 Å². The Bertz CT molecular complexity index is 1550. The molecule has 7 atom stereocenters. The number of rotatable bonds is 15. The van der Waals surface area contributed by atoms with Gasteiger partial charge in [0.1, 0.15) is 17.4 Å². The summed E-state index contributed by atoms with van der Waals surface area (Å²) in [5.41, 5.74) is 1.09. The average molecular weight is 672 g/mol. The Labute approximate surface area is 291 Å². The van der Waals surface area contributed by atoms with E-state index in [1.807, 2.05) is 84.0 Å². The minimum Gasteiger partial charge on any atom is -0.494 e. The minimum atomic E-state index is -1.25. The number of carbonyl (C=O) groups excluding carboxylic acids is 3. The number of para-hydroxylation sites is 1. The topological polar surface area (TPSA) is 99.6 Å². The normalized spacial score (nSPS) is 26.6. The van der Waals surface area contributed by atoms with Gasteiger partial charge in [0.25, 0.3) is 5.91 Å². The van der Waals surface area contributed by atoms with Gasteiger partial charge < -0.3 is 29.3 Å². The number of amides is 3. The second kappa shape index (κ2) is 14.5. The number of aliphatic hydroxyl groups excluding tert-OH is 1. The third-order valence-corrected chi connectivity index (χ3v) is 11.3. The zero-order valence-corrected chi connectivity index (χ0v) is 30.0. The highest BCUT2D eigenvalue weighted by Gasteiger charge is 2.79. The van der Waals surface area contributed by atoms with Crippen molar-refractivity contribution in [2.24, 2.45) is 17.8 Å². The Morgan fingerprint density at radius 3 is 2.20 bits per heavy atom. The number of nitrogens with zero attached hydrogens (tertiary/aromatic N) is 3. The van der Waals surface area contributed by atoms with Crippen molar-refractivity contribution in [1.29, 1.82) is 0 Å². The van der Waals surface area contributed by atoms with Gasteiger partial charge in [-0.15, -0.1) is 13.2 Å². The van der Waals surface area contributed by atoms with Gasteiger partial charge in [-0.1, -0.05) is 57.5 Å². The highest BCUT2D eigenvalue weighted by molar-refractivity contribution is 6.07. The molecular formula is C40H53N3O6. The first-order valence-electron chi connectivity index (χ1n) is 17.8. The van der Waals surface area contributed by atoms with Crippen LogP contribution in [0.25, 0.3) is 0 Å². The standard InChI is InChI=1S/C40H53N3O6/c1-9-23-41(29-17-19-30(20-18-29)48-13-5)36(45)32-33-37(46)43(31(25-44)26(6)11-3)35(40(33)22-21-39(32,12-4)49-40)38(47)42(24-10-2)34-27(7)15-14-16-28(34)8/h9-10,14-20,26,31-33,35,44H,1-2,11-13,21-25H2,3-8H3/t26-,31-,32-,33-,35?,39+,40?/m0/s1. The Kier molecular flexibility index (Phi) is 10.7. The van der Waals surface area contributed by atoms with Gasteiger partial charge in [0.05, 0.1) is 36.7 Å². The van der Waals surface area contributed by atoms with E-state index in [1.54, 1.807) is 26.9 Å². The molecule has 1 N–H and O–H groups in total. The summed E-state index contributed by atoms with van der Waals surface area (Å²) in [5, 5.41) is 10.8. The molecule has 3 aliphatic heterocycles. The summed E-state index contributed by atoms with van der Waals surface area (Å²) in [7, 11) is 0. The van der Waals surface area contributed by atoms with Crippen molar-refractivity contribution in [1.82, 2.24) is 4.90 Å². The Hall–Kier alpha value is -3.95. The molecule has 3 amide bonds. The van der Waals surface area contributed by atoms with Gasteiger partial charge in [-0.25, -0.2) is 0 Å². The lowest BCUT2D eigenvalue weighted by atomic mass is 9.64. The van der Waals surface area contributed by atoms with Gasteiger partial charge in [-0.3, -0.25) is 14.4 Å². The molecule has 3 heterocycles. The molecule has 0 aromatic heterocycles. The second-order valence-corrected chi connectivity index (χ2v) is 13.9. The van der Waals surface area contributed by atoms with Gasteiger partial charge in [0.2, 0.25) is 11.8 Å². The molecule has 2 aromatic carbocycles. The highest BCUT2D eigenvalue weighted by atomic mass is 16.5.